The van der Waals surface area contributed by atoms with Crippen LogP contribution in [0, 0.1) is 35.0 Å². The van der Waals surface area contributed by atoms with Crippen molar-refractivity contribution in [1.82, 2.24) is 0 Å². The Morgan fingerprint density at radius 1 is 0.912 bits per heavy atom. The Labute approximate surface area is 200 Å². The molecule has 0 aromatic heterocycles. The SMILES string of the molecule is N#CC1C2CC3C(OC(=O)C13)C2OC(=O)c1cccc([S+](c2ccccc2)c2ccccc2)c1. The van der Waals surface area contributed by atoms with Crippen LogP contribution in [0.15, 0.2) is 99.6 Å². The Morgan fingerprint density at radius 2 is 1.56 bits per heavy atom. The van der Waals surface area contributed by atoms with Gasteiger partial charge >= 0.3 is 11.9 Å². The quantitative estimate of drug-likeness (QED) is 0.403. The van der Waals surface area contributed by atoms with Crippen molar-refractivity contribution in [3.63, 3.8) is 0 Å². The smallest absolute Gasteiger partial charge is 0.338 e. The van der Waals surface area contributed by atoms with Crippen LogP contribution < -0.4 is 0 Å². The minimum absolute atomic E-state index is 0.0201. The summed E-state index contributed by atoms with van der Waals surface area (Å²) in [6, 6.07) is 30.3. The van der Waals surface area contributed by atoms with Crippen molar-refractivity contribution >= 4 is 22.8 Å². The van der Waals surface area contributed by atoms with E-state index in [4.69, 9.17) is 9.47 Å². The zero-order valence-corrected chi connectivity index (χ0v) is 19.1. The molecule has 0 amide bonds. The van der Waals surface area contributed by atoms with E-state index in [2.05, 4.69) is 30.3 Å². The van der Waals surface area contributed by atoms with E-state index in [-0.39, 0.29) is 34.6 Å². The van der Waals surface area contributed by atoms with E-state index in [9.17, 15) is 14.9 Å². The molecule has 168 valence electrons. The number of rotatable bonds is 5. The fraction of sp³-hybridized carbons (Fsp3) is 0.250. The van der Waals surface area contributed by atoms with Gasteiger partial charge in [0.2, 0.25) is 0 Å². The number of carbonyl (C=O) groups is 2. The van der Waals surface area contributed by atoms with E-state index in [0.717, 1.165) is 14.7 Å². The van der Waals surface area contributed by atoms with Crippen LogP contribution in [0.4, 0.5) is 0 Å². The zero-order chi connectivity index (χ0) is 23.2. The summed E-state index contributed by atoms with van der Waals surface area (Å²) in [7, 11) is -0.381. The van der Waals surface area contributed by atoms with Gasteiger partial charge < -0.3 is 9.47 Å². The summed E-state index contributed by atoms with van der Waals surface area (Å²) in [6.45, 7) is 0. The van der Waals surface area contributed by atoms with Crippen molar-refractivity contribution in [2.24, 2.45) is 23.7 Å². The third kappa shape index (κ3) is 3.31. The van der Waals surface area contributed by atoms with Crippen LogP contribution in [-0.4, -0.2) is 24.1 Å². The lowest BCUT2D eigenvalue weighted by atomic mass is 9.79. The van der Waals surface area contributed by atoms with Gasteiger partial charge in [-0.2, -0.15) is 5.26 Å². The molecular formula is C28H22NO4S+. The maximum Gasteiger partial charge on any atom is 0.338 e. The Kier molecular flexibility index (Phi) is 5.15. The Balaban J connectivity index is 1.30. The minimum Gasteiger partial charge on any atom is -0.458 e. The molecule has 3 fully saturated rings. The Morgan fingerprint density at radius 3 is 2.21 bits per heavy atom. The predicted octanol–water partition coefficient (Wildman–Crippen LogP) is 4.64. The maximum absolute atomic E-state index is 13.2. The first kappa shape index (κ1) is 21.0. The van der Waals surface area contributed by atoms with Crippen molar-refractivity contribution in [3.05, 3.63) is 90.5 Å². The summed E-state index contributed by atoms with van der Waals surface area (Å²) < 4.78 is 11.5. The van der Waals surface area contributed by atoms with Crippen molar-refractivity contribution in [3.8, 4) is 6.07 Å². The van der Waals surface area contributed by atoms with Crippen LogP contribution in [-0.2, 0) is 25.2 Å². The van der Waals surface area contributed by atoms with Gasteiger partial charge in [0.1, 0.15) is 12.2 Å². The lowest BCUT2D eigenvalue weighted by Gasteiger charge is -2.28. The largest absolute Gasteiger partial charge is 0.458 e. The molecular weight excluding hydrogens is 446 g/mol. The Bertz CT molecular complexity index is 1250. The van der Waals surface area contributed by atoms with Gasteiger partial charge in [-0.15, -0.1) is 0 Å². The number of benzene rings is 3. The van der Waals surface area contributed by atoms with Crippen molar-refractivity contribution in [2.45, 2.75) is 33.3 Å². The molecule has 6 rings (SSSR count). The third-order valence-electron chi connectivity index (χ3n) is 7.20. The molecule has 2 aliphatic carbocycles. The molecule has 34 heavy (non-hydrogen) atoms. The molecule has 1 aliphatic heterocycles. The standard InChI is InChI=1S/C28H22NO4S/c29-16-23-21-15-22-24(23)28(31)33-26(22)25(21)32-27(30)17-8-7-13-20(14-17)34(18-9-3-1-4-10-18)19-11-5-2-6-12-19/h1-14,21-26H,15H2/q+1. The van der Waals surface area contributed by atoms with Gasteiger partial charge in [0, 0.05) is 17.9 Å². The maximum atomic E-state index is 13.2. The lowest BCUT2D eigenvalue weighted by molar-refractivity contribution is -0.146. The highest BCUT2D eigenvalue weighted by molar-refractivity contribution is 7.97. The van der Waals surface area contributed by atoms with Gasteiger partial charge in [-0.25, -0.2) is 4.79 Å². The first-order valence-electron chi connectivity index (χ1n) is 11.4. The summed E-state index contributed by atoms with van der Waals surface area (Å²) >= 11 is 0. The number of fused-ring (bicyclic) bond motifs is 1. The topological polar surface area (TPSA) is 76.4 Å². The molecule has 6 heteroatoms. The molecule has 6 atom stereocenters. The van der Waals surface area contributed by atoms with Crippen LogP contribution in [0.3, 0.4) is 0 Å². The van der Waals surface area contributed by atoms with Crippen molar-refractivity contribution in [1.29, 1.82) is 5.26 Å². The zero-order valence-electron chi connectivity index (χ0n) is 18.2. The van der Waals surface area contributed by atoms with Gasteiger partial charge in [0.25, 0.3) is 0 Å². The predicted molar refractivity (Wildman–Crippen MR) is 125 cm³/mol. The monoisotopic (exact) mass is 468 g/mol. The molecule has 5 nitrogen and oxygen atoms in total. The summed E-state index contributed by atoms with van der Waals surface area (Å²) in [5.74, 6) is -1.74. The van der Waals surface area contributed by atoms with Gasteiger partial charge in [-0.05, 0) is 42.8 Å². The first-order valence-corrected chi connectivity index (χ1v) is 12.6. The molecule has 1 saturated heterocycles. The second-order valence-corrected chi connectivity index (χ2v) is 11.0. The number of ether oxygens (including phenoxy) is 2. The molecule has 0 N–H and O–H groups in total. The fourth-order valence-electron chi connectivity index (χ4n) is 5.79. The minimum atomic E-state index is -0.560. The van der Waals surface area contributed by atoms with Crippen LogP contribution >= 0.6 is 0 Å². The van der Waals surface area contributed by atoms with Gasteiger partial charge in [-0.3, -0.25) is 4.79 Å². The van der Waals surface area contributed by atoms with E-state index in [1.54, 1.807) is 6.07 Å². The molecule has 2 saturated carbocycles. The number of esters is 2. The van der Waals surface area contributed by atoms with Crippen LogP contribution in [0.1, 0.15) is 16.8 Å². The van der Waals surface area contributed by atoms with E-state index < -0.39 is 24.1 Å². The second kappa shape index (κ2) is 8.34. The van der Waals surface area contributed by atoms with Crippen LogP contribution in [0.25, 0.3) is 0 Å². The highest BCUT2D eigenvalue weighted by atomic mass is 32.2. The summed E-state index contributed by atoms with van der Waals surface area (Å²) in [5.41, 5.74) is 0.457. The highest BCUT2D eigenvalue weighted by Gasteiger charge is 2.68. The molecule has 6 unspecified atom stereocenters. The first-order chi connectivity index (χ1) is 16.7. The van der Waals surface area contributed by atoms with Gasteiger partial charge in [0.05, 0.1) is 34.4 Å². The molecule has 3 aliphatic rings. The number of nitrogens with zero attached hydrogens (tertiary/aromatic N) is 1. The normalized spacial score (nSPS) is 28.5. The lowest BCUT2D eigenvalue weighted by Crippen LogP contribution is -2.40. The van der Waals surface area contributed by atoms with E-state index in [0.29, 0.717) is 12.0 Å². The third-order valence-corrected chi connectivity index (χ3v) is 9.41. The fourth-order valence-corrected chi connectivity index (χ4v) is 7.92. The van der Waals surface area contributed by atoms with E-state index in [1.807, 2.05) is 54.6 Å². The van der Waals surface area contributed by atoms with Crippen molar-refractivity contribution in [2.75, 3.05) is 0 Å². The molecule has 0 spiro atoms. The number of nitriles is 1. The highest BCUT2D eigenvalue weighted by Crippen LogP contribution is 2.58. The average Bonchev–Trinajstić information content (AvgIpc) is 3.49. The van der Waals surface area contributed by atoms with Crippen LogP contribution in [0.5, 0.6) is 0 Å². The molecule has 3 aromatic carbocycles. The summed E-state index contributed by atoms with van der Waals surface area (Å²) in [6.07, 6.45) is -0.291. The molecule has 0 radical (unpaired) electrons. The molecule has 3 aromatic rings. The number of hydrogen-bond donors (Lipinski definition) is 0. The number of carbonyl (C=O) groups excluding carboxylic acids is 2. The van der Waals surface area contributed by atoms with Crippen molar-refractivity contribution < 1.29 is 19.1 Å². The molecule has 2 bridgehead atoms. The van der Waals surface area contributed by atoms with Gasteiger partial charge in [-0.1, -0.05) is 42.5 Å². The Hall–Kier alpha value is -3.56. The summed E-state index contributed by atoms with van der Waals surface area (Å²) in [5, 5.41) is 9.61. The van der Waals surface area contributed by atoms with Gasteiger partial charge in [0.15, 0.2) is 14.7 Å². The van der Waals surface area contributed by atoms with E-state index >= 15 is 0 Å². The molecule has 1 heterocycles. The summed E-state index contributed by atoms with van der Waals surface area (Å²) in [4.78, 5) is 28.8. The number of hydrogen-bond acceptors (Lipinski definition) is 5. The average molecular weight is 469 g/mol. The second-order valence-electron chi connectivity index (χ2n) is 8.98. The van der Waals surface area contributed by atoms with Crippen LogP contribution in [0.2, 0.25) is 0 Å². The van der Waals surface area contributed by atoms with E-state index in [1.165, 1.54) is 0 Å².